The molecular weight excluding hydrogens is 405 g/mol. The van der Waals surface area contributed by atoms with Gasteiger partial charge in [0.25, 0.3) is 0 Å². The van der Waals surface area contributed by atoms with Gasteiger partial charge in [-0.1, -0.05) is 12.1 Å². The van der Waals surface area contributed by atoms with E-state index in [4.69, 9.17) is 18.3 Å². The van der Waals surface area contributed by atoms with Crippen LogP contribution in [-0.2, 0) is 6.61 Å². The van der Waals surface area contributed by atoms with Crippen LogP contribution in [0.4, 0.5) is 13.2 Å². The van der Waals surface area contributed by atoms with Crippen LogP contribution >= 0.6 is 0 Å². The Morgan fingerprint density at radius 1 is 1.03 bits per heavy atom. The zero-order valence-corrected chi connectivity index (χ0v) is 15.8. The lowest BCUT2D eigenvalue weighted by Crippen LogP contribution is -2.17. The van der Waals surface area contributed by atoms with Crippen LogP contribution in [0.3, 0.4) is 0 Å². The van der Waals surface area contributed by atoms with Crippen molar-refractivity contribution in [1.29, 1.82) is 0 Å². The molecule has 2 heterocycles. The highest BCUT2D eigenvalue weighted by atomic mass is 19.4. The molecule has 6 nitrogen and oxygen atoms in total. The molecule has 0 saturated heterocycles. The van der Waals surface area contributed by atoms with E-state index in [9.17, 15) is 18.0 Å². The molecule has 0 aliphatic carbocycles. The van der Waals surface area contributed by atoms with Crippen molar-refractivity contribution in [1.82, 2.24) is 0 Å². The van der Waals surface area contributed by atoms with E-state index >= 15 is 0 Å². The largest absolute Gasteiger partial charge is 0.573 e. The number of ether oxygens (including phenoxy) is 3. The van der Waals surface area contributed by atoms with E-state index in [2.05, 4.69) is 4.74 Å². The van der Waals surface area contributed by atoms with Crippen LogP contribution in [0, 0.1) is 6.92 Å². The van der Waals surface area contributed by atoms with Gasteiger partial charge in [-0.2, -0.15) is 0 Å². The first kappa shape index (κ1) is 19.7. The molecule has 0 fully saturated rings. The van der Waals surface area contributed by atoms with Gasteiger partial charge in [0.1, 0.15) is 29.3 Å². The first-order valence-corrected chi connectivity index (χ1v) is 8.76. The van der Waals surface area contributed by atoms with Gasteiger partial charge in [-0.15, -0.1) is 13.2 Å². The van der Waals surface area contributed by atoms with E-state index in [-0.39, 0.29) is 40.3 Å². The van der Waals surface area contributed by atoms with Gasteiger partial charge in [0.05, 0.1) is 18.8 Å². The van der Waals surface area contributed by atoms with Crippen LogP contribution < -0.4 is 19.6 Å². The number of rotatable bonds is 5. The minimum Gasteiger partial charge on any atom is -0.490 e. The lowest BCUT2D eigenvalue weighted by molar-refractivity contribution is -0.274. The summed E-state index contributed by atoms with van der Waals surface area (Å²) in [5, 5.41) is 0.691. The number of hydrogen-bond donors (Lipinski definition) is 0. The number of benzene rings is 2. The molecule has 4 rings (SSSR count). The second-order valence-corrected chi connectivity index (χ2v) is 6.43. The fourth-order valence-corrected chi connectivity index (χ4v) is 3.16. The smallest absolute Gasteiger partial charge is 0.490 e. The summed E-state index contributed by atoms with van der Waals surface area (Å²) in [6.07, 6.45) is -3.33. The average Bonchev–Trinajstić information content (AvgIpc) is 3.14. The monoisotopic (exact) mass is 420 g/mol. The molecule has 2 aromatic carbocycles. The highest BCUT2D eigenvalue weighted by molar-refractivity contribution is 6.06. The third-order valence-electron chi connectivity index (χ3n) is 4.36. The van der Waals surface area contributed by atoms with Gasteiger partial charge in [0.2, 0.25) is 5.75 Å². The first-order valence-electron chi connectivity index (χ1n) is 8.76. The van der Waals surface area contributed by atoms with E-state index in [0.717, 1.165) is 0 Å². The number of halogens is 3. The van der Waals surface area contributed by atoms with Gasteiger partial charge in [-0.3, -0.25) is 4.79 Å². The predicted molar refractivity (Wildman–Crippen MR) is 101 cm³/mol. The zero-order chi connectivity index (χ0) is 21.5. The number of furan rings is 1. The van der Waals surface area contributed by atoms with Crippen molar-refractivity contribution in [2.75, 3.05) is 7.11 Å². The maximum Gasteiger partial charge on any atom is 0.573 e. The molecule has 0 saturated carbocycles. The van der Waals surface area contributed by atoms with Gasteiger partial charge < -0.3 is 23.0 Å². The Balaban J connectivity index is 1.74. The third kappa shape index (κ3) is 3.66. The Labute approximate surface area is 167 Å². The fourth-order valence-electron chi connectivity index (χ4n) is 3.16. The molecule has 30 heavy (non-hydrogen) atoms. The van der Waals surface area contributed by atoms with Gasteiger partial charge in [-0.05, 0) is 30.7 Å². The van der Waals surface area contributed by atoms with Crippen molar-refractivity contribution in [3.63, 3.8) is 0 Å². The maximum atomic E-state index is 12.7. The highest BCUT2D eigenvalue weighted by Crippen LogP contribution is 2.42. The van der Waals surface area contributed by atoms with Gasteiger partial charge in [0, 0.05) is 6.07 Å². The number of fused-ring (bicyclic) bond motifs is 2. The summed E-state index contributed by atoms with van der Waals surface area (Å²) >= 11 is 0. The maximum absolute atomic E-state index is 12.7. The topological polar surface area (TPSA) is 71.0 Å². The van der Waals surface area contributed by atoms with Crippen LogP contribution in [0.25, 0.3) is 21.9 Å². The minimum atomic E-state index is -4.76. The Bertz CT molecular complexity index is 1270. The molecule has 0 N–H and O–H groups in total. The summed E-state index contributed by atoms with van der Waals surface area (Å²) in [6, 6.07) is 8.21. The molecule has 0 aliphatic heterocycles. The molecule has 0 spiro atoms. The highest BCUT2D eigenvalue weighted by Gasteiger charge is 2.31. The van der Waals surface area contributed by atoms with Gasteiger partial charge in [0.15, 0.2) is 16.6 Å². The molecule has 0 aliphatic rings. The molecule has 0 unspecified atom stereocenters. The van der Waals surface area contributed by atoms with E-state index in [1.165, 1.54) is 43.7 Å². The third-order valence-corrected chi connectivity index (χ3v) is 4.36. The van der Waals surface area contributed by atoms with Crippen molar-refractivity contribution in [3.8, 4) is 17.2 Å². The van der Waals surface area contributed by atoms with Crippen LogP contribution in [0.15, 0.2) is 56.3 Å². The van der Waals surface area contributed by atoms with Crippen LogP contribution in [0.5, 0.6) is 17.2 Å². The van der Waals surface area contributed by atoms with E-state index in [1.807, 2.05) is 0 Å². The van der Waals surface area contributed by atoms with E-state index < -0.39 is 6.36 Å². The summed E-state index contributed by atoms with van der Waals surface area (Å²) in [6.45, 7) is 1.62. The molecule has 156 valence electrons. The lowest BCUT2D eigenvalue weighted by atomic mass is 10.1. The Hall–Kier alpha value is -3.62. The zero-order valence-electron chi connectivity index (χ0n) is 15.8. The second kappa shape index (κ2) is 7.33. The van der Waals surface area contributed by atoms with Crippen molar-refractivity contribution in [2.45, 2.75) is 19.9 Å². The van der Waals surface area contributed by atoms with Crippen LogP contribution in [0.2, 0.25) is 0 Å². The van der Waals surface area contributed by atoms with Gasteiger partial charge >= 0.3 is 6.36 Å². The lowest BCUT2D eigenvalue weighted by Gasteiger charge is -2.13. The number of aryl methyl sites for hydroxylation is 1. The minimum absolute atomic E-state index is 0.0126. The molecule has 0 radical (unpaired) electrons. The summed E-state index contributed by atoms with van der Waals surface area (Å²) in [4.78, 5) is 12.7. The fraction of sp³-hybridized carbons (Fsp3) is 0.190. The number of hydrogen-bond acceptors (Lipinski definition) is 6. The van der Waals surface area contributed by atoms with E-state index in [1.54, 1.807) is 13.0 Å². The average molecular weight is 420 g/mol. The molecule has 2 aromatic heterocycles. The molecule has 0 bridgehead atoms. The molecule has 0 atom stereocenters. The molecule has 4 aromatic rings. The standard InChI is InChI=1S/C21H15F3O6/c1-11-9-15(25)16-17(14-7-8-27-18(14)20(26-2)19(16)29-11)28-10-12-3-5-13(6-4-12)30-21(22,23)24/h3-9H,10H2,1-2H3. The first-order chi connectivity index (χ1) is 14.3. The van der Waals surface area contributed by atoms with Crippen molar-refractivity contribution in [2.24, 2.45) is 0 Å². The Morgan fingerprint density at radius 2 is 1.77 bits per heavy atom. The SMILES string of the molecule is COc1c2occc2c(OCc2ccc(OC(F)(F)F)cc2)c2c(=O)cc(C)oc12. The second-order valence-electron chi connectivity index (χ2n) is 6.43. The van der Waals surface area contributed by atoms with Gasteiger partial charge in [-0.25, -0.2) is 0 Å². The summed E-state index contributed by atoms with van der Waals surface area (Å²) < 4.78 is 63.3. The van der Waals surface area contributed by atoms with Crippen LogP contribution in [-0.4, -0.2) is 13.5 Å². The predicted octanol–water partition coefficient (Wildman–Crippen LogP) is 5.33. The van der Waals surface area contributed by atoms with E-state index in [0.29, 0.717) is 22.3 Å². The van der Waals surface area contributed by atoms with Crippen molar-refractivity contribution >= 4 is 21.9 Å². The summed E-state index contributed by atoms with van der Waals surface area (Å²) in [5.41, 5.74) is 0.789. The number of alkyl halides is 3. The Morgan fingerprint density at radius 3 is 2.43 bits per heavy atom. The molecule has 0 amide bonds. The molecule has 9 heteroatoms. The normalized spacial score (nSPS) is 11.8. The Kier molecular flexibility index (Phi) is 4.81. The van der Waals surface area contributed by atoms with Crippen LogP contribution in [0.1, 0.15) is 11.3 Å². The van der Waals surface area contributed by atoms with Crippen molar-refractivity contribution < 1.29 is 36.2 Å². The quantitative estimate of drug-likeness (QED) is 0.434. The van der Waals surface area contributed by atoms with Crippen molar-refractivity contribution in [3.05, 3.63) is 64.2 Å². The molecular formula is C21H15F3O6. The summed E-state index contributed by atoms with van der Waals surface area (Å²) in [5.74, 6) is 0.558. The number of methoxy groups -OCH3 is 1. The summed E-state index contributed by atoms with van der Waals surface area (Å²) in [7, 11) is 1.43.